The maximum absolute atomic E-state index is 4.76. The Bertz CT molecular complexity index is 639. The second-order valence-electron chi connectivity index (χ2n) is 6.08. The summed E-state index contributed by atoms with van der Waals surface area (Å²) in [5.74, 6) is 2.05. The van der Waals surface area contributed by atoms with Crippen LogP contribution in [0.4, 0.5) is 0 Å². The molecule has 0 aliphatic carbocycles. The van der Waals surface area contributed by atoms with Crippen LogP contribution >= 0.6 is 0 Å². The van der Waals surface area contributed by atoms with Crippen molar-refractivity contribution in [3.63, 3.8) is 0 Å². The highest BCUT2D eigenvalue weighted by atomic mass is 15.3. The van der Waals surface area contributed by atoms with E-state index in [2.05, 4.69) is 63.7 Å². The molecular formula is C18H30N6. The molecule has 2 aromatic rings. The molecule has 0 fully saturated rings. The van der Waals surface area contributed by atoms with Crippen LogP contribution in [0.2, 0.25) is 0 Å². The fourth-order valence-corrected chi connectivity index (χ4v) is 2.67. The van der Waals surface area contributed by atoms with Crippen molar-refractivity contribution in [3.8, 4) is 0 Å². The van der Waals surface area contributed by atoms with Crippen molar-refractivity contribution in [2.75, 3.05) is 20.1 Å². The van der Waals surface area contributed by atoms with Gasteiger partial charge in [-0.05, 0) is 38.8 Å². The van der Waals surface area contributed by atoms with Crippen molar-refractivity contribution in [3.05, 3.63) is 42.2 Å². The van der Waals surface area contributed by atoms with E-state index in [1.165, 1.54) is 5.69 Å². The number of guanidine groups is 1. The van der Waals surface area contributed by atoms with Gasteiger partial charge in [-0.25, -0.2) is 4.98 Å². The maximum Gasteiger partial charge on any atom is 0.194 e. The summed E-state index contributed by atoms with van der Waals surface area (Å²) in [6.07, 6.45) is 8.16. The Morgan fingerprint density at radius 2 is 2.17 bits per heavy atom. The Kier molecular flexibility index (Phi) is 6.90. The number of rotatable bonds is 8. The van der Waals surface area contributed by atoms with E-state index in [-0.39, 0.29) is 0 Å². The monoisotopic (exact) mass is 330 g/mol. The molecule has 0 unspecified atom stereocenters. The molecule has 24 heavy (non-hydrogen) atoms. The summed E-state index contributed by atoms with van der Waals surface area (Å²) in [6.45, 7) is 7.73. The topological polar surface area (TPSA) is 50.4 Å². The number of aromatic nitrogens is 3. The minimum Gasteiger partial charge on any atom is -0.357 e. The zero-order valence-corrected chi connectivity index (χ0v) is 15.4. The SMILES string of the molecule is CCNC(=NCCCCn1ccnc1C)N(C)Cc1cccn1C. The van der Waals surface area contributed by atoms with E-state index in [0.717, 1.165) is 50.8 Å². The summed E-state index contributed by atoms with van der Waals surface area (Å²) < 4.78 is 4.34. The normalized spacial score (nSPS) is 11.8. The lowest BCUT2D eigenvalue weighted by atomic mass is 10.3. The highest BCUT2D eigenvalue weighted by molar-refractivity contribution is 5.79. The molecule has 132 valence electrons. The minimum atomic E-state index is 0.841. The Hall–Kier alpha value is -2.24. The van der Waals surface area contributed by atoms with Gasteiger partial charge in [0.2, 0.25) is 0 Å². The number of nitrogens with one attached hydrogen (secondary N) is 1. The van der Waals surface area contributed by atoms with Crippen LogP contribution in [0.1, 0.15) is 31.3 Å². The van der Waals surface area contributed by atoms with Crippen LogP contribution in [0.5, 0.6) is 0 Å². The largest absolute Gasteiger partial charge is 0.357 e. The van der Waals surface area contributed by atoms with Crippen molar-refractivity contribution >= 4 is 5.96 Å². The van der Waals surface area contributed by atoms with Crippen LogP contribution < -0.4 is 5.32 Å². The number of nitrogens with zero attached hydrogens (tertiary/aromatic N) is 5. The lowest BCUT2D eigenvalue weighted by molar-refractivity contribution is 0.461. The second kappa shape index (κ2) is 9.15. The molecule has 2 rings (SSSR count). The molecule has 6 heteroatoms. The Labute approximate surface area is 145 Å². The molecule has 0 spiro atoms. The van der Waals surface area contributed by atoms with Gasteiger partial charge < -0.3 is 19.4 Å². The number of aryl methyl sites for hydroxylation is 3. The molecule has 0 saturated carbocycles. The molecule has 0 radical (unpaired) electrons. The average Bonchev–Trinajstić information content (AvgIpc) is 3.15. The van der Waals surface area contributed by atoms with E-state index < -0.39 is 0 Å². The van der Waals surface area contributed by atoms with Gasteiger partial charge in [0.05, 0.1) is 6.54 Å². The summed E-state index contributed by atoms with van der Waals surface area (Å²) in [5.41, 5.74) is 1.28. The van der Waals surface area contributed by atoms with Gasteiger partial charge in [-0.3, -0.25) is 4.99 Å². The molecule has 0 saturated heterocycles. The van der Waals surface area contributed by atoms with Gasteiger partial charge in [0, 0.05) is 58.0 Å². The first-order chi connectivity index (χ1) is 11.6. The lowest BCUT2D eigenvalue weighted by Crippen LogP contribution is -2.38. The first-order valence-electron chi connectivity index (χ1n) is 8.69. The second-order valence-corrected chi connectivity index (χ2v) is 6.08. The maximum atomic E-state index is 4.76. The van der Waals surface area contributed by atoms with Crippen LogP contribution in [0.15, 0.2) is 35.7 Å². The average molecular weight is 330 g/mol. The molecule has 1 N–H and O–H groups in total. The summed E-state index contributed by atoms with van der Waals surface area (Å²) in [7, 11) is 4.16. The van der Waals surface area contributed by atoms with Crippen molar-refractivity contribution in [1.82, 2.24) is 24.3 Å². The van der Waals surface area contributed by atoms with E-state index in [1.807, 2.05) is 19.3 Å². The minimum absolute atomic E-state index is 0.841. The predicted octanol–water partition coefficient (Wildman–Crippen LogP) is 2.41. The number of hydrogen-bond acceptors (Lipinski definition) is 2. The third kappa shape index (κ3) is 5.15. The Morgan fingerprint density at radius 1 is 1.33 bits per heavy atom. The molecule has 0 aliphatic heterocycles. The zero-order chi connectivity index (χ0) is 17.4. The van der Waals surface area contributed by atoms with Gasteiger partial charge in [-0.1, -0.05) is 0 Å². The first-order valence-corrected chi connectivity index (χ1v) is 8.69. The fourth-order valence-electron chi connectivity index (χ4n) is 2.67. The van der Waals surface area contributed by atoms with E-state index in [4.69, 9.17) is 4.99 Å². The van der Waals surface area contributed by atoms with Crippen LogP contribution in [0.3, 0.4) is 0 Å². The molecule has 2 heterocycles. The molecular weight excluding hydrogens is 300 g/mol. The summed E-state index contributed by atoms with van der Waals surface area (Å²) in [5, 5.41) is 3.38. The Balaban J connectivity index is 1.81. The van der Waals surface area contributed by atoms with E-state index >= 15 is 0 Å². The van der Waals surface area contributed by atoms with Gasteiger partial charge in [0.15, 0.2) is 5.96 Å². The first kappa shape index (κ1) is 18.1. The van der Waals surface area contributed by atoms with Gasteiger partial charge in [-0.2, -0.15) is 0 Å². The standard InChI is InChI=1S/C18H30N6/c1-5-19-18(23(4)15-17-9-8-12-22(17)3)21-10-6-7-13-24-14-11-20-16(24)2/h8-9,11-12,14H,5-7,10,13,15H2,1-4H3,(H,19,21). The van der Waals surface area contributed by atoms with Crippen LogP contribution in [-0.2, 0) is 20.1 Å². The quantitative estimate of drug-likeness (QED) is 0.459. The van der Waals surface area contributed by atoms with Crippen LogP contribution in [0, 0.1) is 6.92 Å². The van der Waals surface area contributed by atoms with Crippen molar-refractivity contribution in [2.24, 2.45) is 12.0 Å². The molecule has 6 nitrogen and oxygen atoms in total. The third-order valence-corrected chi connectivity index (χ3v) is 4.14. The summed E-state index contributed by atoms with van der Waals surface area (Å²) in [4.78, 5) is 11.2. The third-order valence-electron chi connectivity index (χ3n) is 4.14. The van der Waals surface area contributed by atoms with E-state index in [0.29, 0.717) is 0 Å². The van der Waals surface area contributed by atoms with E-state index in [1.54, 1.807) is 0 Å². The fraction of sp³-hybridized carbons (Fsp3) is 0.556. The van der Waals surface area contributed by atoms with Crippen molar-refractivity contribution in [1.29, 1.82) is 0 Å². The molecule has 0 amide bonds. The zero-order valence-electron chi connectivity index (χ0n) is 15.4. The highest BCUT2D eigenvalue weighted by Gasteiger charge is 2.08. The van der Waals surface area contributed by atoms with Crippen LogP contribution in [0.25, 0.3) is 0 Å². The molecule has 0 aromatic carbocycles. The van der Waals surface area contributed by atoms with Crippen molar-refractivity contribution < 1.29 is 0 Å². The van der Waals surface area contributed by atoms with Gasteiger partial charge in [-0.15, -0.1) is 0 Å². The van der Waals surface area contributed by atoms with Gasteiger partial charge in [0.25, 0.3) is 0 Å². The predicted molar refractivity (Wildman–Crippen MR) is 99.1 cm³/mol. The molecule has 0 atom stereocenters. The number of unbranched alkanes of at least 4 members (excludes halogenated alkanes) is 1. The number of imidazole rings is 1. The highest BCUT2D eigenvalue weighted by Crippen LogP contribution is 2.04. The Morgan fingerprint density at radius 3 is 2.79 bits per heavy atom. The number of aliphatic imine (C=N–C) groups is 1. The van der Waals surface area contributed by atoms with Gasteiger partial charge in [0.1, 0.15) is 5.82 Å². The van der Waals surface area contributed by atoms with E-state index in [9.17, 15) is 0 Å². The summed E-state index contributed by atoms with van der Waals surface area (Å²) in [6, 6.07) is 4.22. The smallest absolute Gasteiger partial charge is 0.194 e. The summed E-state index contributed by atoms with van der Waals surface area (Å²) >= 11 is 0. The molecule has 0 aliphatic rings. The lowest BCUT2D eigenvalue weighted by Gasteiger charge is -2.22. The van der Waals surface area contributed by atoms with Gasteiger partial charge >= 0.3 is 0 Å². The van der Waals surface area contributed by atoms with Crippen molar-refractivity contribution in [2.45, 2.75) is 39.8 Å². The molecule has 2 aromatic heterocycles. The number of hydrogen-bond donors (Lipinski definition) is 1. The van der Waals surface area contributed by atoms with Crippen LogP contribution in [-0.4, -0.2) is 45.1 Å². The molecule has 0 bridgehead atoms.